The number of benzene rings is 1. The Morgan fingerprint density at radius 3 is 2.95 bits per heavy atom. The summed E-state index contributed by atoms with van der Waals surface area (Å²) in [5, 5.41) is 10.1. The molecule has 0 aliphatic heterocycles. The molecule has 106 valence electrons. The Labute approximate surface area is 117 Å². The van der Waals surface area contributed by atoms with Crippen molar-refractivity contribution in [2.24, 2.45) is 5.73 Å². The van der Waals surface area contributed by atoms with Crippen LogP contribution < -0.4 is 5.73 Å². The van der Waals surface area contributed by atoms with Gasteiger partial charge in [-0.25, -0.2) is 4.79 Å². The van der Waals surface area contributed by atoms with Crippen molar-refractivity contribution in [1.29, 1.82) is 0 Å². The lowest BCUT2D eigenvalue weighted by Crippen LogP contribution is -2.41. The maximum atomic E-state index is 11.0. The summed E-state index contributed by atoms with van der Waals surface area (Å²) >= 11 is 0. The maximum absolute atomic E-state index is 11.0. The van der Waals surface area contributed by atoms with Gasteiger partial charge in [-0.05, 0) is 18.1 Å². The first-order valence-electron chi connectivity index (χ1n) is 6.41. The third kappa shape index (κ3) is 3.19. The minimum atomic E-state index is -0.989. The molecule has 0 spiro atoms. The Morgan fingerprint density at radius 1 is 1.50 bits per heavy atom. The normalized spacial score (nSPS) is 12.2. The van der Waals surface area contributed by atoms with Crippen molar-refractivity contribution in [2.45, 2.75) is 12.5 Å². The van der Waals surface area contributed by atoms with Crippen molar-refractivity contribution in [2.75, 3.05) is 13.1 Å². The van der Waals surface area contributed by atoms with E-state index >= 15 is 0 Å². The van der Waals surface area contributed by atoms with Gasteiger partial charge in [0.15, 0.2) is 0 Å². The maximum Gasteiger partial charge on any atom is 0.407 e. The van der Waals surface area contributed by atoms with Crippen molar-refractivity contribution in [3.8, 4) is 0 Å². The predicted octanol–water partition coefficient (Wildman–Crippen LogP) is 2.47. The van der Waals surface area contributed by atoms with E-state index in [0.717, 1.165) is 16.5 Å². The number of carboxylic acid groups (broad SMARTS) is 1. The van der Waals surface area contributed by atoms with E-state index in [-0.39, 0.29) is 19.1 Å². The second-order valence-corrected chi connectivity index (χ2v) is 4.70. The molecule has 0 saturated carbocycles. The highest BCUT2D eigenvalue weighted by atomic mass is 16.4. The summed E-state index contributed by atoms with van der Waals surface area (Å²) in [5.41, 5.74) is 7.86. The fraction of sp³-hybridized carbons (Fsp3) is 0.267. The van der Waals surface area contributed by atoms with Gasteiger partial charge in [0.05, 0.1) is 6.26 Å². The van der Waals surface area contributed by atoms with Gasteiger partial charge in [0, 0.05) is 24.5 Å². The average Bonchev–Trinajstić information content (AvgIpc) is 2.81. The number of hydrogen-bond donors (Lipinski definition) is 2. The third-order valence-corrected chi connectivity index (χ3v) is 3.12. The summed E-state index contributed by atoms with van der Waals surface area (Å²) in [6.07, 6.45) is 2.81. The van der Waals surface area contributed by atoms with Crippen LogP contribution in [0, 0.1) is 0 Å². The number of rotatable bonds is 6. The number of carbonyl (C=O) groups is 1. The van der Waals surface area contributed by atoms with Gasteiger partial charge in [0.2, 0.25) is 0 Å². The van der Waals surface area contributed by atoms with Crippen molar-refractivity contribution < 1.29 is 14.3 Å². The molecule has 0 fully saturated rings. The molecule has 2 aromatic rings. The van der Waals surface area contributed by atoms with E-state index in [1.54, 1.807) is 12.3 Å². The number of amides is 1. The third-order valence-electron chi connectivity index (χ3n) is 3.12. The average molecular weight is 274 g/mol. The minimum absolute atomic E-state index is 0.265. The second-order valence-electron chi connectivity index (χ2n) is 4.70. The molecule has 0 unspecified atom stereocenters. The van der Waals surface area contributed by atoms with E-state index in [1.165, 1.54) is 4.90 Å². The zero-order valence-corrected chi connectivity index (χ0v) is 11.2. The highest BCUT2D eigenvalue weighted by Gasteiger charge is 2.16. The molecule has 1 heterocycles. The molecule has 1 atom stereocenters. The molecule has 2 rings (SSSR count). The number of hydrogen-bond acceptors (Lipinski definition) is 3. The van der Waals surface area contributed by atoms with Gasteiger partial charge in [-0.1, -0.05) is 24.3 Å². The number of para-hydroxylation sites is 1. The summed E-state index contributed by atoms with van der Waals surface area (Å²) in [6, 6.07) is 7.43. The lowest BCUT2D eigenvalue weighted by molar-refractivity contribution is 0.147. The monoisotopic (exact) mass is 274 g/mol. The van der Waals surface area contributed by atoms with Gasteiger partial charge in [-0.2, -0.15) is 0 Å². The summed E-state index contributed by atoms with van der Waals surface area (Å²) < 4.78 is 5.45. The van der Waals surface area contributed by atoms with Crippen LogP contribution in [0.5, 0.6) is 0 Å². The molecular weight excluding hydrogens is 256 g/mol. The first kappa shape index (κ1) is 14.1. The molecule has 1 aromatic carbocycles. The predicted molar refractivity (Wildman–Crippen MR) is 77.7 cm³/mol. The van der Waals surface area contributed by atoms with E-state index in [2.05, 4.69) is 6.58 Å². The van der Waals surface area contributed by atoms with Crippen LogP contribution in [-0.2, 0) is 6.42 Å². The van der Waals surface area contributed by atoms with Crippen molar-refractivity contribution in [3.63, 3.8) is 0 Å². The van der Waals surface area contributed by atoms with Crippen LogP contribution in [0.2, 0.25) is 0 Å². The lowest BCUT2D eigenvalue weighted by Gasteiger charge is -2.21. The molecule has 20 heavy (non-hydrogen) atoms. The van der Waals surface area contributed by atoms with Crippen LogP contribution >= 0.6 is 0 Å². The molecule has 3 N–H and O–H groups in total. The fourth-order valence-corrected chi connectivity index (χ4v) is 2.21. The number of furan rings is 1. The first-order chi connectivity index (χ1) is 9.61. The van der Waals surface area contributed by atoms with Crippen LogP contribution in [0.25, 0.3) is 11.0 Å². The molecular formula is C15H18N2O3. The summed E-state index contributed by atoms with van der Waals surface area (Å²) in [5.74, 6) is 0. The van der Waals surface area contributed by atoms with Crippen LogP contribution in [0.15, 0.2) is 47.6 Å². The molecule has 0 aliphatic carbocycles. The van der Waals surface area contributed by atoms with E-state index in [4.69, 9.17) is 15.3 Å². The molecule has 0 bridgehead atoms. The Morgan fingerprint density at radius 2 is 2.25 bits per heavy atom. The topological polar surface area (TPSA) is 79.7 Å². The number of nitrogens with two attached hydrogens (primary N) is 1. The van der Waals surface area contributed by atoms with E-state index in [0.29, 0.717) is 6.42 Å². The standard InChI is InChI=1S/C15H18N2O3/c1-2-7-17(15(18)19)9-12(16)8-11-10-20-14-6-4-3-5-13(11)14/h2-6,10,12H,1,7-9,16H2,(H,18,19)/t12-/m0/s1. The Kier molecular flexibility index (Phi) is 4.42. The molecule has 0 aliphatic rings. The number of nitrogens with zero attached hydrogens (tertiary/aromatic N) is 1. The molecule has 0 saturated heterocycles. The largest absolute Gasteiger partial charge is 0.465 e. The summed E-state index contributed by atoms with van der Waals surface area (Å²) in [6.45, 7) is 4.08. The van der Waals surface area contributed by atoms with Gasteiger partial charge >= 0.3 is 6.09 Å². The quantitative estimate of drug-likeness (QED) is 0.793. The molecule has 5 nitrogen and oxygen atoms in total. The molecule has 5 heteroatoms. The summed E-state index contributed by atoms with van der Waals surface area (Å²) in [4.78, 5) is 12.3. The van der Waals surface area contributed by atoms with Crippen molar-refractivity contribution in [1.82, 2.24) is 4.90 Å². The first-order valence-corrected chi connectivity index (χ1v) is 6.41. The zero-order chi connectivity index (χ0) is 14.5. The van der Waals surface area contributed by atoms with E-state index in [9.17, 15) is 4.79 Å². The number of fused-ring (bicyclic) bond motifs is 1. The molecule has 0 radical (unpaired) electrons. The fourth-order valence-electron chi connectivity index (χ4n) is 2.21. The van der Waals surface area contributed by atoms with Crippen molar-refractivity contribution in [3.05, 3.63) is 48.7 Å². The molecule has 1 aromatic heterocycles. The highest BCUT2D eigenvalue weighted by molar-refractivity contribution is 5.80. The van der Waals surface area contributed by atoms with Gasteiger partial charge in [-0.15, -0.1) is 6.58 Å². The van der Waals surface area contributed by atoms with Crippen LogP contribution in [0.4, 0.5) is 4.79 Å². The second kappa shape index (κ2) is 6.25. The van der Waals surface area contributed by atoms with Gasteiger partial charge < -0.3 is 20.2 Å². The van der Waals surface area contributed by atoms with Gasteiger partial charge in [-0.3, -0.25) is 0 Å². The Bertz CT molecular complexity index is 606. The van der Waals surface area contributed by atoms with Crippen LogP contribution in [0.1, 0.15) is 5.56 Å². The lowest BCUT2D eigenvalue weighted by atomic mass is 10.1. The van der Waals surface area contributed by atoms with Gasteiger partial charge in [0.1, 0.15) is 5.58 Å². The minimum Gasteiger partial charge on any atom is -0.465 e. The smallest absolute Gasteiger partial charge is 0.407 e. The van der Waals surface area contributed by atoms with Crippen LogP contribution in [0.3, 0.4) is 0 Å². The van der Waals surface area contributed by atoms with Crippen molar-refractivity contribution >= 4 is 17.1 Å². The Balaban J connectivity index is 2.05. The SMILES string of the molecule is C=CCN(C[C@@H](N)Cc1coc2ccccc12)C(=O)O. The molecule has 1 amide bonds. The zero-order valence-electron chi connectivity index (χ0n) is 11.2. The van der Waals surface area contributed by atoms with Gasteiger partial charge in [0.25, 0.3) is 0 Å². The summed E-state index contributed by atoms with van der Waals surface area (Å²) in [7, 11) is 0. The Hall–Kier alpha value is -2.27. The van der Waals surface area contributed by atoms with Crippen LogP contribution in [-0.4, -0.2) is 35.2 Å². The van der Waals surface area contributed by atoms with E-state index in [1.807, 2.05) is 24.3 Å². The highest BCUT2D eigenvalue weighted by Crippen LogP contribution is 2.21. The van der Waals surface area contributed by atoms with E-state index < -0.39 is 6.09 Å².